The zero-order chi connectivity index (χ0) is 13.4. The maximum atomic E-state index is 5.63. The molecule has 0 fully saturated rings. The largest absolute Gasteiger partial charge is 0.491 e. The number of nitrogens with one attached hydrogen (secondary N) is 1. The minimum atomic E-state index is 0.248. The van der Waals surface area contributed by atoms with Crippen LogP contribution < -0.4 is 10.1 Å². The molecule has 0 aromatic heterocycles. The number of unbranched alkanes of at least 4 members (excludes halogenated alkanes) is 1. The predicted octanol–water partition coefficient (Wildman–Crippen LogP) is 3.79. The highest BCUT2D eigenvalue weighted by molar-refractivity contribution is 5.27. The van der Waals surface area contributed by atoms with Crippen molar-refractivity contribution in [2.24, 2.45) is 0 Å². The molecule has 0 radical (unpaired) electrons. The van der Waals surface area contributed by atoms with Gasteiger partial charge in [-0.05, 0) is 57.4 Å². The first-order valence-electron chi connectivity index (χ1n) is 7.07. The first kappa shape index (κ1) is 15.0. The summed E-state index contributed by atoms with van der Waals surface area (Å²) >= 11 is 0. The van der Waals surface area contributed by atoms with E-state index >= 15 is 0 Å². The number of ether oxygens (including phenoxy) is 1. The van der Waals surface area contributed by atoms with E-state index in [1.807, 2.05) is 0 Å². The molecule has 0 saturated carbocycles. The normalized spacial score (nSPS) is 11.2. The summed E-state index contributed by atoms with van der Waals surface area (Å²) in [5.41, 5.74) is 1.40. The molecule has 1 aromatic carbocycles. The number of aryl methyl sites for hydroxylation is 1. The Labute approximate surface area is 112 Å². The van der Waals surface area contributed by atoms with E-state index in [0.29, 0.717) is 6.04 Å². The Hall–Kier alpha value is -1.02. The van der Waals surface area contributed by atoms with Crippen LogP contribution in [0, 0.1) is 0 Å². The molecular weight excluding hydrogens is 222 g/mol. The summed E-state index contributed by atoms with van der Waals surface area (Å²) in [7, 11) is 0. The highest BCUT2D eigenvalue weighted by Crippen LogP contribution is 2.15. The number of hydrogen-bond donors (Lipinski definition) is 1. The van der Waals surface area contributed by atoms with Gasteiger partial charge in [0, 0.05) is 6.04 Å². The number of hydrogen-bond acceptors (Lipinski definition) is 2. The average Bonchev–Trinajstić information content (AvgIpc) is 2.30. The van der Waals surface area contributed by atoms with Crippen LogP contribution in [0.15, 0.2) is 24.3 Å². The molecule has 0 amide bonds. The Balaban J connectivity index is 2.22. The van der Waals surface area contributed by atoms with Crippen molar-refractivity contribution in [3.05, 3.63) is 29.8 Å². The Morgan fingerprint density at radius 3 is 2.22 bits per heavy atom. The quantitative estimate of drug-likeness (QED) is 0.708. The maximum absolute atomic E-state index is 5.63. The van der Waals surface area contributed by atoms with Gasteiger partial charge in [-0.2, -0.15) is 0 Å². The van der Waals surface area contributed by atoms with Crippen LogP contribution in [-0.2, 0) is 6.42 Å². The lowest BCUT2D eigenvalue weighted by Crippen LogP contribution is -2.23. The van der Waals surface area contributed by atoms with Gasteiger partial charge >= 0.3 is 0 Å². The lowest BCUT2D eigenvalue weighted by atomic mass is 10.1. The van der Waals surface area contributed by atoms with Gasteiger partial charge in [0.05, 0.1) is 6.10 Å². The molecule has 2 heteroatoms. The van der Waals surface area contributed by atoms with Crippen LogP contribution >= 0.6 is 0 Å². The van der Waals surface area contributed by atoms with Crippen molar-refractivity contribution in [1.82, 2.24) is 5.32 Å². The van der Waals surface area contributed by atoms with E-state index in [-0.39, 0.29) is 6.10 Å². The fourth-order valence-electron chi connectivity index (χ4n) is 1.85. The summed E-state index contributed by atoms with van der Waals surface area (Å²) in [5.74, 6) is 0.968. The predicted molar refractivity (Wildman–Crippen MR) is 78.3 cm³/mol. The number of rotatable bonds is 8. The smallest absolute Gasteiger partial charge is 0.119 e. The summed E-state index contributed by atoms with van der Waals surface area (Å²) in [6, 6.07) is 9.09. The lowest BCUT2D eigenvalue weighted by Gasteiger charge is -2.10. The molecule has 1 N–H and O–H groups in total. The fraction of sp³-hybridized carbons (Fsp3) is 0.625. The van der Waals surface area contributed by atoms with Crippen LogP contribution in [0.5, 0.6) is 5.75 Å². The standard InChI is InChI=1S/C16H27NO/c1-13(2)17-12-6-5-7-15-8-10-16(11-9-15)18-14(3)4/h8-11,13-14,17H,5-7,12H2,1-4H3. The molecule has 1 rings (SSSR count). The Bertz CT molecular complexity index is 316. The van der Waals surface area contributed by atoms with E-state index in [0.717, 1.165) is 18.7 Å². The van der Waals surface area contributed by atoms with E-state index in [9.17, 15) is 0 Å². The zero-order valence-corrected chi connectivity index (χ0v) is 12.2. The second kappa shape index (κ2) is 8.15. The second-order valence-corrected chi connectivity index (χ2v) is 5.38. The molecule has 0 heterocycles. The Morgan fingerprint density at radius 2 is 1.67 bits per heavy atom. The van der Waals surface area contributed by atoms with E-state index in [1.165, 1.54) is 18.4 Å². The minimum Gasteiger partial charge on any atom is -0.491 e. The molecule has 2 nitrogen and oxygen atoms in total. The molecule has 1 aromatic rings. The van der Waals surface area contributed by atoms with Crippen LogP contribution in [0.25, 0.3) is 0 Å². The van der Waals surface area contributed by atoms with Gasteiger partial charge in [-0.15, -0.1) is 0 Å². The third kappa shape index (κ3) is 6.65. The lowest BCUT2D eigenvalue weighted by molar-refractivity contribution is 0.242. The zero-order valence-electron chi connectivity index (χ0n) is 12.2. The topological polar surface area (TPSA) is 21.3 Å². The van der Waals surface area contributed by atoms with Crippen molar-refractivity contribution in [3.8, 4) is 5.75 Å². The van der Waals surface area contributed by atoms with Crippen LogP contribution in [0.1, 0.15) is 46.1 Å². The van der Waals surface area contributed by atoms with Crippen molar-refractivity contribution >= 4 is 0 Å². The average molecular weight is 249 g/mol. The van der Waals surface area contributed by atoms with Gasteiger partial charge in [-0.1, -0.05) is 26.0 Å². The van der Waals surface area contributed by atoms with E-state index < -0.39 is 0 Å². The molecule has 18 heavy (non-hydrogen) atoms. The van der Waals surface area contributed by atoms with Crippen LogP contribution in [0.3, 0.4) is 0 Å². The van der Waals surface area contributed by atoms with Gasteiger partial charge in [-0.25, -0.2) is 0 Å². The number of benzene rings is 1. The summed E-state index contributed by atoms with van der Waals surface area (Å²) in [6.45, 7) is 9.60. The molecule has 102 valence electrons. The van der Waals surface area contributed by atoms with Crippen molar-refractivity contribution < 1.29 is 4.74 Å². The molecule has 0 aliphatic carbocycles. The van der Waals surface area contributed by atoms with Crippen LogP contribution in [0.4, 0.5) is 0 Å². The molecule has 0 unspecified atom stereocenters. The third-order valence-electron chi connectivity index (χ3n) is 2.74. The molecule has 0 aliphatic heterocycles. The van der Waals surface area contributed by atoms with Gasteiger partial charge in [0.15, 0.2) is 0 Å². The van der Waals surface area contributed by atoms with Crippen molar-refractivity contribution in [2.75, 3.05) is 6.54 Å². The van der Waals surface area contributed by atoms with Crippen molar-refractivity contribution in [2.45, 2.75) is 59.1 Å². The Kier molecular flexibility index (Phi) is 6.81. The van der Waals surface area contributed by atoms with Crippen molar-refractivity contribution in [1.29, 1.82) is 0 Å². The van der Waals surface area contributed by atoms with Crippen LogP contribution in [-0.4, -0.2) is 18.7 Å². The Morgan fingerprint density at radius 1 is 1.00 bits per heavy atom. The SMILES string of the molecule is CC(C)NCCCCc1ccc(OC(C)C)cc1. The monoisotopic (exact) mass is 249 g/mol. The summed E-state index contributed by atoms with van der Waals surface area (Å²) in [6.07, 6.45) is 3.88. The molecule has 0 saturated heterocycles. The maximum Gasteiger partial charge on any atom is 0.119 e. The molecule has 0 spiro atoms. The van der Waals surface area contributed by atoms with E-state index in [2.05, 4.69) is 57.3 Å². The highest BCUT2D eigenvalue weighted by atomic mass is 16.5. The summed E-state index contributed by atoms with van der Waals surface area (Å²) in [5, 5.41) is 3.44. The van der Waals surface area contributed by atoms with Gasteiger partial charge < -0.3 is 10.1 Å². The first-order chi connectivity index (χ1) is 8.58. The summed E-state index contributed by atoms with van der Waals surface area (Å²) < 4.78 is 5.63. The molecule has 0 aliphatic rings. The van der Waals surface area contributed by atoms with Gasteiger partial charge in [0.2, 0.25) is 0 Å². The second-order valence-electron chi connectivity index (χ2n) is 5.38. The minimum absolute atomic E-state index is 0.248. The first-order valence-corrected chi connectivity index (χ1v) is 7.07. The third-order valence-corrected chi connectivity index (χ3v) is 2.74. The van der Waals surface area contributed by atoms with Gasteiger partial charge in [0.1, 0.15) is 5.75 Å². The fourth-order valence-corrected chi connectivity index (χ4v) is 1.85. The highest BCUT2D eigenvalue weighted by Gasteiger charge is 1.98. The van der Waals surface area contributed by atoms with E-state index in [4.69, 9.17) is 4.74 Å². The van der Waals surface area contributed by atoms with Gasteiger partial charge in [-0.3, -0.25) is 0 Å². The van der Waals surface area contributed by atoms with Gasteiger partial charge in [0.25, 0.3) is 0 Å². The van der Waals surface area contributed by atoms with Crippen molar-refractivity contribution in [3.63, 3.8) is 0 Å². The molecule has 0 atom stereocenters. The molecule has 0 bridgehead atoms. The van der Waals surface area contributed by atoms with Crippen LogP contribution in [0.2, 0.25) is 0 Å². The summed E-state index contributed by atoms with van der Waals surface area (Å²) in [4.78, 5) is 0. The molecular formula is C16H27NO. The van der Waals surface area contributed by atoms with E-state index in [1.54, 1.807) is 0 Å².